The largest absolute Gasteiger partial charge is 0.450 e. The number of aromatic nitrogens is 3. The zero-order chi connectivity index (χ0) is 37.0. The molecule has 8 nitrogen and oxygen atoms in total. The minimum absolute atomic E-state index is 0.0549. The third-order valence-corrected chi connectivity index (χ3v) is 9.59. The molecular weight excluding hydrogens is 681 g/mol. The molecule has 2 heterocycles. The average molecular weight is 717 g/mol. The number of amidine groups is 2. The van der Waals surface area contributed by atoms with Gasteiger partial charge in [0.05, 0.1) is 5.69 Å². The molecule has 55 heavy (non-hydrogen) atoms. The van der Waals surface area contributed by atoms with Crippen LogP contribution in [0.25, 0.3) is 28.3 Å². The van der Waals surface area contributed by atoms with E-state index < -0.39 is 0 Å². The minimum atomic E-state index is -0.0549. The number of aliphatic imine (C=N–C) groups is 2. The van der Waals surface area contributed by atoms with Crippen molar-refractivity contribution in [2.24, 2.45) is 15.7 Å². The first-order valence-corrected chi connectivity index (χ1v) is 18.4. The molecule has 9 rings (SSSR count). The molecule has 8 heteroatoms. The van der Waals surface area contributed by atoms with Gasteiger partial charge < -0.3 is 15.2 Å². The summed E-state index contributed by atoms with van der Waals surface area (Å²) >= 11 is 0. The summed E-state index contributed by atoms with van der Waals surface area (Å²) in [6.07, 6.45) is 15.2. The Morgan fingerprint density at radius 3 is 2.04 bits per heavy atom. The van der Waals surface area contributed by atoms with Gasteiger partial charge >= 0.3 is 0 Å². The smallest absolute Gasteiger partial charge is 0.170 e. The van der Waals surface area contributed by atoms with Crippen LogP contribution in [0.1, 0.15) is 42.1 Å². The Morgan fingerprint density at radius 1 is 0.655 bits per heavy atom. The molecule has 0 saturated carbocycles. The summed E-state index contributed by atoms with van der Waals surface area (Å²) < 4.78 is 12.4. The predicted molar refractivity (Wildman–Crippen MR) is 219 cm³/mol. The lowest BCUT2D eigenvalue weighted by Crippen LogP contribution is -2.18. The van der Waals surface area contributed by atoms with Crippen molar-refractivity contribution in [3.8, 4) is 45.8 Å². The second kappa shape index (κ2) is 15.0. The third kappa shape index (κ3) is 7.39. The number of benzene rings is 5. The Balaban J connectivity index is 1.07. The zero-order valence-corrected chi connectivity index (χ0v) is 29.9. The number of rotatable bonds is 7. The molecule has 0 spiro atoms. The highest BCUT2D eigenvalue weighted by molar-refractivity contribution is 6.12. The molecule has 0 fully saturated rings. The van der Waals surface area contributed by atoms with Gasteiger partial charge in [-0.1, -0.05) is 121 Å². The summed E-state index contributed by atoms with van der Waals surface area (Å²) in [7, 11) is 0. The quantitative estimate of drug-likeness (QED) is 0.130. The number of ether oxygens (including phenoxy) is 2. The average Bonchev–Trinajstić information content (AvgIpc) is 3.26. The van der Waals surface area contributed by atoms with Crippen LogP contribution in [0, 0.1) is 0 Å². The molecule has 3 aliphatic rings. The first-order valence-electron chi connectivity index (χ1n) is 18.4. The van der Waals surface area contributed by atoms with Crippen molar-refractivity contribution in [3.05, 3.63) is 186 Å². The van der Waals surface area contributed by atoms with Gasteiger partial charge in [-0.05, 0) is 78.4 Å². The maximum Gasteiger partial charge on any atom is 0.170 e. The molecule has 266 valence electrons. The highest BCUT2D eigenvalue weighted by Crippen LogP contribution is 2.45. The van der Waals surface area contributed by atoms with Crippen LogP contribution in [0.5, 0.6) is 23.0 Å². The van der Waals surface area contributed by atoms with E-state index in [4.69, 9.17) is 40.1 Å². The number of allylic oxidation sites excluding steroid dienone is 7. The van der Waals surface area contributed by atoms with E-state index in [1.165, 1.54) is 0 Å². The van der Waals surface area contributed by atoms with Gasteiger partial charge in [0.25, 0.3) is 0 Å². The number of fused-ring (bicyclic) bond motifs is 2. The van der Waals surface area contributed by atoms with Crippen molar-refractivity contribution in [3.63, 3.8) is 0 Å². The van der Waals surface area contributed by atoms with Gasteiger partial charge in [0, 0.05) is 22.6 Å². The summed E-state index contributed by atoms with van der Waals surface area (Å²) in [5, 5.41) is 0. The van der Waals surface area contributed by atoms with Crippen LogP contribution in [-0.4, -0.2) is 26.6 Å². The maximum absolute atomic E-state index is 6.63. The molecule has 1 aliphatic heterocycles. The summed E-state index contributed by atoms with van der Waals surface area (Å²) in [6.45, 7) is 0. The first-order chi connectivity index (χ1) is 27.1. The molecule has 6 aromatic rings. The van der Waals surface area contributed by atoms with E-state index in [1.807, 2.05) is 127 Å². The normalized spacial score (nSPS) is 16.3. The third-order valence-electron chi connectivity index (χ3n) is 9.59. The standard InChI is InChI=1S/C47H36N6O2/c48-43(31-14-4-1-5-15-31)50-46(37-26-27-41-42(30-37)55-40-25-11-10-24-39(40)54-41)49-38-23-13-21-35(29-38)34-20-12-22-36(28-34)47-52-44(32-16-6-2-7-17-32)51-45(53-47)33-18-8-3-9-19-33/h1-4,6-14,16-21,23-30,36H,5,15,22H2,(H2,48,49,50). The number of hydrogen-bond acceptors (Lipinski definition) is 6. The lowest BCUT2D eigenvalue weighted by molar-refractivity contribution is 0.359. The van der Waals surface area contributed by atoms with Crippen molar-refractivity contribution in [2.45, 2.75) is 25.2 Å². The van der Waals surface area contributed by atoms with Crippen LogP contribution in [0.4, 0.5) is 5.69 Å². The van der Waals surface area contributed by atoms with E-state index in [1.54, 1.807) is 0 Å². The predicted octanol–water partition coefficient (Wildman–Crippen LogP) is 10.9. The molecule has 2 aliphatic carbocycles. The Hall–Kier alpha value is -7.19. The van der Waals surface area contributed by atoms with E-state index in [0.29, 0.717) is 46.3 Å². The zero-order valence-electron chi connectivity index (χ0n) is 29.9. The number of hydrogen-bond donors (Lipinski definition) is 1. The van der Waals surface area contributed by atoms with Crippen LogP contribution in [0.15, 0.2) is 179 Å². The summed E-state index contributed by atoms with van der Waals surface area (Å²) in [4.78, 5) is 24.9. The van der Waals surface area contributed by atoms with Crippen molar-refractivity contribution in [1.29, 1.82) is 0 Å². The molecule has 0 radical (unpaired) electrons. The van der Waals surface area contributed by atoms with Crippen LogP contribution in [-0.2, 0) is 0 Å². The van der Waals surface area contributed by atoms with E-state index in [0.717, 1.165) is 64.2 Å². The van der Waals surface area contributed by atoms with Gasteiger partial charge in [-0.15, -0.1) is 0 Å². The lowest BCUT2D eigenvalue weighted by atomic mass is 9.91. The number of nitrogens with zero attached hydrogens (tertiary/aromatic N) is 5. The minimum Gasteiger partial charge on any atom is -0.450 e. The summed E-state index contributed by atoms with van der Waals surface area (Å²) in [5.41, 5.74) is 13.0. The van der Waals surface area contributed by atoms with Crippen LogP contribution < -0.4 is 15.2 Å². The number of para-hydroxylation sites is 2. The van der Waals surface area contributed by atoms with Crippen molar-refractivity contribution >= 4 is 22.9 Å². The topological polar surface area (TPSA) is 108 Å². The highest BCUT2D eigenvalue weighted by Gasteiger charge is 2.22. The molecule has 2 N–H and O–H groups in total. The summed E-state index contributed by atoms with van der Waals surface area (Å²) in [5.74, 6) is 5.40. The van der Waals surface area contributed by atoms with Gasteiger partial charge in [-0.3, -0.25) is 0 Å². The molecule has 5 aromatic carbocycles. The van der Waals surface area contributed by atoms with Crippen LogP contribution in [0.2, 0.25) is 0 Å². The summed E-state index contributed by atoms with van der Waals surface area (Å²) in [6, 6.07) is 41.6. The SMILES string of the molecule is NC(=NC(=Nc1cccc(C2=CC(c3nc(-c4ccccc4)nc(-c4ccccc4)n3)CC=C2)c1)c1ccc2c(c1)Oc1ccccc1O2)C1=CC=CCC1. The maximum atomic E-state index is 6.63. The second-order valence-corrected chi connectivity index (χ2v) is 13.4. The Bertz CT molecular complexity index is 2530. The van der Waals surface area contributed by atoms with Gasteiger partial charge in [0.1, 0.15) is 11.7 Å². The van der Waals surface area contributed by atoms with Gasteiger partial charge in [-0.25, -0.2) is 24.9 Å². The molecular formula is C47H36N6O2. The molecule has 0 bridgehead atoms. The molecule has 0 amide bonds. The van der Waals surface area contributed by atoms with Gasteiger partial charge in [0.2, 0.25) is 0 Å². The van der Waals surface area contributed by atoms with Crippen LogP contribution >= 0.6 is 0 Å². The van der Waals surface area contributed by atoms with Gasteiger partial charge in [0.15, 0.2) is 40.5 Å². The van der Waals surface area contributed by atoms with E-state index >= 15 is 0 Å². The number of nitrogens with two attached hydrogens (primary N) is 1. The van der Waals surface area contributed by atoms with Crippen molar-refractivity contribution in [2.75, 3.05) is 0 Å². The lowest BCUT2D eigenvalue weighted by Gasteiger charge is -2.21. The Labute approximate surface area is 319 Å². The molecule has 0 saturated heterocycles. The Kier molecular flexibility index (Phi) is 9.20. The van der Waals surface area contributed by atoms with Gasteiger partial charge in [-0.2, -0.15) is 0 Å². The second-order valence-electron chi connectivity index (χ2n) is 13.4. The molecule has 1 aromatic heterocycles. The molecule has 1 unspecified atom stereocenters. The van der Waals surface area contributed by atoms with E-state index in [-0.39, 0.29) is 5.92 Å². The fourth-order valence-electron chi connectivity index (χ4n) is 6.75. The fourth-order valence-corrected chi connectivity index (χ4v) is 6.75. The van der Waals surface area contributed by atoms with E-state index in [9.17, 15) is 0 Å². The van der Waals surface area contributed by atoms with E-state index in [2.05, 4.69) is 36.4 Å². The Morgan fingerprint density at radius 2 is 1.33 bits per heavy atom. The monoisotopic (exact) mass is 716 g/mol. The highest BCUT2D eigenvalue weighted by atomic mass is 16.6. The fraction of sp³-hybridized carbons (Fsp3) is 0.0851. The van der Waals surface area contributed by atoms with Crippen LogP contribution in [0.3, 0.4) is 0 Å². The first kappa shape index (κ1) is 33.6. The van der Waals surface area contributed by atoms with Crippen molar-refractivity contribution in [1.82, 2.24) is 15.0 Å². The van der Waals surface area contributed by atoms with Crippen molar-refractivity contribution < 1.29 is 9.47 Å². The molecule has 1 atom stereocenters.